The van der Waals surface area contributed by atoms with Crippen molar-refractivity contribution in [1.29, 1.82) is 0 Å². The Balaban J connectivity index is 1.87. The molecule has 1 aromatic heterocycles. The van der Waals surface area contributed by atoms with E-state index in [0.717, 1.165) is 28.3 Å². The van der Waals surface area contributed by atoms with Gasteiger partial charge in [0.1, 0.15) is 12.4 Å². The summed E-state index contributed by atoms with van der Waals surface area (Å²) in [5.74, 6) is 2.42. The van der Waals surface area contributed by atoms with Crippen LogP contribution in [0.15, 0.2) is 47.1 Å². The van der Waals surface area contributed by atoms with E-state index < -0.39 is 0 Å². The maximum Gasteiger partial charge on any atom is 0.161 e. The van der Waals surface area contributed by atoms with E-state index in [2.05, 4.69) is 20.9 Å². The molecule has 0 bridgehead atoms. The Morgan fingerprint density at radius 3 is 2.55 bits per heavy atom. The third-order valence-electron chi connectivity index (χ3n) is 2.86. The normalized spacial score (nSPS) is 10.2. The predicted octanol–water partition coefficient (Wildman–Crippen LogP) is 3.37. The summed E-state index contributed by atoms with van der Waals surface area (Å²) in [6.07, 6.45) is 1.78. The lowest BCUT2D eigenvalue weighted by Gasteiger charge is -2.18. The molecule has 0 spiro atoms. The van der Waals surface area contributed by atoms with Crippen LogP contribution >= 0.6 is 15.9 Å². The zero-order valence-electron chi connectivity index (χ0n) is 11.5. The van der Waals surface area contributed by atoms with Crippen molar-refractivity contribution >= 4 is 21.7 Å². The number of halogens is 1. The Morgan fingerprint density at radius 2 is 1.90 bits per heavy atom. The Bertz CT molecular complexity index is 546. The molecule has 1 aromatic carbocycles. The molecule has 0 saturated heterocycles. The predicted molar refractivity (Wildman–Crippen MR) is 83.7 cm³/mol. The highest BCUT2D eigenvalue weighted by molar-refractivity contribution is 9.10. The van der Waals surface area contributed by atoms with Crippen molar-refractivity contribution < 1.29 is 9.47 Å². The standard InChI is InChI=1S/C15H17BrN2O2/c1-18(15-8-7-12(16)11-17-15)9-10-20-14-6-4-3-5-13(14)19-2/h3-8,11H,9-10H2,1-2H3. The molecule has 0 atom stereocenters. The van der Waals surface area contributed by atoms with Crippen molar-refractivity contribution in [2.75, 3.05) is 32.2 Å². The zero-order valence-corrected chi connectivity index (χ0v) is 13.1. The third kappa shape index (κ3) is 3.87. The Hall–Kier alpha value is -1.75. The minimum absolute atomic E-state index is 0.564. The number of hydrogen-bond acceptors (Lipinski definition) is 4. The number of nitrogens with zero attached hydrogens (tertiary/aromatic N) is 2. The molecule has 0 aliphatic rings. The van der Waals surface area contributed by atoms with Crippen LogP contribution in [-0.4, -0.2) is 32.3 Å². The smallest absolute Gasteiger partial charge is 0.161 e. The number of ether oxygens (including phenoxy) is 2. The Morgan fingerprint density at radius 1 is 1.15 bits per heavy atom. The molecular weight excluding hydrogens is 320 g/mol. The fraction of sp³-hybridized carbons (Fsp3) is 0.267. The third-order valence-corrected chi connectivity index (χ3v) is 3.33. The van der Waals surface area contributed by atoms with E-state index >= 15 is 0 Å². The monoisotopic (exact) mass is 336 g/mol. The number of aromatic nitrogens is 1. The van der Waals surface area contributed by atoms with Crippen molar-refractivity contribution in [1.82, 2.24) is 4.98 Å². The molecule has 0 saturated carbocycles. The first kappa shape index (κ1) is 14.7. The lowest BCUT2D eigenvalue weighted by molar-refractivity contribution is 0.301. The first-order valence-corrected chi connectivity index (χ1v) is 7.08. The van der Waals surface area contributed by atoms with Crippen molar-refractivity contribution in [3.8, 4) is 11.5 Å². The maximum atomic E-state index is 5.74. The van der Waals surface area contributed by atoms with Crippen LogP contribution in [0.1, 0.15) is 0 Å². The molecule has 0 aliphatic heterocycles. The van der Waals surface area contributed by atoms with E-state index in [4.69, 9.17) is 9.47 Å². The van der Waals surface area contributed by atoms with Gasteiger partial charge in [-0.1, -0.05) is 12.1 Å². The molecule has 0 fully saturated rings. The summed E-state index contributed by atoms with van der Waals surface area (Å²) in [5.41, 5.74) is 0. The number of methoxy groups -OCH3 is 1. The van der Waals surface area contributed by atoms with E-state index in [-0.39, 0.29) is 0 Å². The quantitative estimate of drug-likeness (QED) is 0.810. The lowest BCUT2D eigenvalue weighted by Crippen LogP contribution is -2.24. The number of para-hydroxylation sites is 2. The minimum Gasteiger partial charge on any atom is -0.493 e. The number of hydrogen-bond donors (Lipinski definition) is 0. The fourth-order valence-electron chi connectivity index (χ4n) is 1.74. The summed E-state index contributed by atoms with van der Waals surface area (Å²) < 4.78 is 12.0. The summed E-state index contributed by atoms with van der Waals surface area (Å²) in [5, 5.41) is 0. The molecule has 2 rings (SSSR count). The molecule has 20 heavy (non-hydrogen) atoms. The SMILES string of the molecule is COc1ccccc1OCCN(C)c1ccc(Br)cn1. The first-order valence-electron chi connectivity index (χ1n) is 6.29. The van der Waals surface area contributed by atoms with Crippen LogP contribution in [0.3, 0.4) is 0 Å². The second-order valence-corrected chi connectivity index (χ2v) is 5.17. The molecule has 0 N–H and O–H groups in total. The van der Waals surface area contributed by atoms with Gasteiger partial charge in [-0.15, -0.1) is 0 Å². The van der Waals surface area contributed by atoms with E-state index in [1.54, 1.807) is 13.3 Å². The van der Waals surface area contributed by atoms with Gasteiger partial charge in [-0.3, -0.25) is 0 Å². The summed E-state index contributed by atoms with van der Waals surface area (Å²) in [6.45, 7) is 1.31. The molecule has 0 aliphatic carbocycles. The lowest BCUT2D eigenvalue weighted by atomic mass is 10.3. The van der Waals surface area contributed by atoms with Crippen LogP contribution in [0.25, 0.3) is 0 Å². The maximum absolute atomic E-state index is 5.74. The molecular formula is C15H17BrN2O2. The minimum atomic E-state index is 0.564. The van der Waals surface area contributed by atoms with Crippen molar-refractivity contribution in [2.45, 2.75) is 0 Å². The van der Waals surface area contributed by atoms with E-state index in [9.17, 15) is 0 Å². The molecule has 0 unspecified atom stereocenters. The van der Waals surface area contributed by atoms with Crippen LogP contribution in [0.5, 0.6) is 11.5 Å². The van der Waals surface area contributed by atoms with E-state index in [1.807, 2.05) is 48.3 Å². The average molecular weight is 337 g/mol. The van der Waals surface area contributed by atoms with Gasteiger partial charge in [0.05, 0.1) is 13.7 Å². The highest BCUT2D eigenvalue weighted by atomic mass is 79.9. The van der Waals surface area contributed by atoms with E-state index in [1.165, 1.54) is 0 Å². The Kier molecular flexibility index (Phi) is 5.24. The second-order valence-electron chi connectivity index (χ2n) is 4.26. The van der Waals surface area contributed by atoms with Crippen LogP contribution in [0.4, 0.5) is 5.82 Å². The fourth-order valence-corrected chi connectivity index (χ4v) is 1.97. The van der Waals surface area contributed by atoms with Gasteiger partial charge in [0.25, 0.3) is 0 Å². The summed E-state index contributed by atoms with van der Waals surface area (Å²) in [7, 11) is 3.63. The molecule has 0 amide bonds. The number of benzene rings is 1. The van der Waals surface area contributed by atoms with Gasteiger partial charge in [-0.05, 0) is 40.2 Å². The molecule has 1 heterocycles. The van der Waals surface area contributed by atoms with Crippen molar-refractivity contribution in [3.63, 3.8) is 0 Å². The largest absolute Gasteiger partial charge is 0.493 e. The summed E-state index contributed by atoms with van der Waals surface area (Å²) in [4.78, 5) is 6.38. The van der Waals surface area contributed by atoms with Crippen LogP contribution < -0.4 is 14.4 Å². The zero-order chi connectivity index (χ0) is 14.4. The van der Waals surface area contributed by atoms with Crippen LogP contribution in [0, 0.1) is 0 Å². The van der Waals surface area contributed by atoms with E-state index in [0.29, 0.717) is 6.61 Å². The molecule has 5 heteroatoms. The first-order chi connectivity index (χ1) is 9.70. The second kappa shape index (κ2) is 7.14. The topological polar surface area (TPSA) is 34.6 Å². The Labute approximate surface area is 127 Å². The van der Waals surface area contributed by atoms with Gasteiger partial charge in [0, 0.05) is 17.7 Å². The van der Waals surface area contributed by atoms with Gasteiger partial charge < -0.3 is 14.4 Å². The van der Waals surface area contributed by atoms with Gasteiger partial charge in [-0.2, -0.15) is 0 Å². The molecule has 4 nitrogen and oxygen atoms in total. The van der Waals surface area contributed by atoms with Gasteiger partial charge in [-0.25, -0.2) is 4.98 Å². The summed E-state index contributed by atoms with van der Waals surface area (Å²) in [6, 6.07) is 11.6. The highest BCUT2D eigenvalue weighted by Crippen LogP contribution is 2.25. The van der Waals surface area contributed by atoms with Gasteiger partial charge >= 0.3 is 0 Å². The highest BCUT2D eigenvalue weighted by Gasteiger charge is 2.05. The molecule has 2 aromatic rings. The number of pyridine rings is 1. The number of rotatable bonds is 6. The van der Waals surface area contributed by atoms with Crippen LogP contribution in [-0.2, 0) is 0 Å². The van der Waals surface area contributed by atoms with Gasteiger partial charge in [0.2, 0.25) is 0 Å². The van der Waals surface area contributed by atoms with Crippen LogP contribution in [0.2, 0.25) is 0 Å². The number of anilines is 1. The summed E-state index contributed by atoms with van der Waals surface area (Å²) >= 11 is 3.37. The number of likely N-dealkylation sites (N-methyl/N-ethyl adjacent to an activating group) is 1. The molecule has 106 valence electrons. The molecule has 0 radical (unpaired) electrons. The van der Waals surface area contributed by atoms with Gasteiger partial charge in [0.15, 0.2) is 11.5 Å². The van der Waals surface area contributed by atoms with Crippen molar-refractivity contribution in [3.05, 3.63) is 47.1 Å². The average Bonchev–Trinajstić information content (AvgIpc) is 2.48. The van der Waals surface area contributed by atoms with Crippen molar-refractivity contribution in [2.24, 2.45) is 0 Å².